The molecule has 2 aliphatic rings. The van der Waals surface area contributed by atoms with Gasteiger partial charge in [0.05, 0.1) is 6.54 Å². The van der Waals surface area contributed by atoms with Crippen molar-refractivity contribution in [3.05, 3.63) is 64.7 Å². The number of ether oxygens (including phenoxy) is 1. The van der Waals surface area contributed by atoms with Crippen LogP contribution in [0.25, 0.3) is 0 Å². The third-order valence-electron chi connectivity index (χ3n) is 5.78. The van der Waals surface area contributed by atoms with Crippen molar-refractivity contribution < 1.29 is 19.1 Å². The molecule has 2 aliphatic heterocycles. The number of carbonyl (C=O) groups excluding carboxylic acids is 3. The molecule has 0 spiro atoms. The molecule has 32 heavy (non-hydrogen) atoms. The lowest BCUT2D eigenvalue weighted by atomic mass is 10.0. The lowest BCUT2D eigenvalue weighted by Gasteiger charge is -2.29. The molecular weight excluding hydrogens is 406 g/mol. The molecule has 2 aromatic carbocycles. The molecule has 0 saturated carbocycles. The van der Waals surface area contributed by atoms with Gasteiger partial charge in [-0.05, 0) is 50.5 Å². The second-order valence-corrected chi connectivity index (χ2v) is 9.39. The summed E-state index contributed by atoms with van der Waals surface area (Å²) in [6.07, 6.45) is 0.582. The number of fused-ring (bicyclic) bond motifs is 1. The molecule has 2 N–H and O–H groups in total. The summed E-state index contributed by atoms with van der Waals surface area (Å²) < 4.78 is 6.07. The van der Waals surface area contributed by atoms with Gasteiger partial charge in [-0.1, -0.05) is 30.3 Å². The van der Waals surface area contributed by atoms with Crippen LogP contribution in [0.5, 0.6) is 5.75 Å². The fraction of sp³-hybridized carbons (Fsp3) is 0.400. The first-order chi connectivity index (χ1) is 15.2. The number of carbonyl (C=O) groups is 3. The molecule has 0 aromatic heterocycles. The minimum absolute atomic E-state index is 0.0641. The molecule has 4 rings (SSSR count). The van der Waals surface area contributed by atoms with E-state index >= 15 is 0 Å². The zero-order chi connectivity index (χ0) is 22.9. The lowest BCUT2D eigenvalue weighted by Crippen LogP contribution is -2.52. The second-order valence-electron chi connectivity index (χ2n) is 9.39. The van der Waals surface area contributed by atoms with Crippen molar-refractivity contribution in [2.75, 3.05) is 0 Å². The normalized spacial score (nSPS) is 18.5. The zero-order valence-electron chi connectivity index (χ0n) is 18.7. The fourth-order valence-corrected chi connectivity index (χ4v) is 3.97. The summed E-state index contributed by atoms with van der Waals surface area (Å²) in [6.45, 7) is 7.90. The lowest BCUT2D eigenvalue weighted by molar-refractivity contribution is -0.136. The summed E-state index contributed by atoms with van der Waals surface area (Å²) >= 11 is 0. The Morgan fingerprint density at radius 2 is 1.78 bits per heavy atom. The Balaban J connectivity index is 1.42. The number of hydrogen-bond donors (Lipinski definition) is 2. The summed E-state index contributed by atoms with van der Waals surface area (Å²) in [7, 11) is 0. The van der Waals surface area contributed by atoms with Gasteiger partial charge in [0.1, 0.15) is 18.4 Å². The number of nitrogens with one attached hydrogen (secondary N) is 2. The summed E-state index contributed by atoms with van der Waals surface area (Å²) in [5.74, 6) is -0.259. The molecule has 1 unspecified atom stereocenters. The highest BCUT2D eigenvalue weighted by Gasteiger charge is 2.40. The number of hydrogen-bond acceptors (Lipinski definition) is 5. The van der Waals surface area contributed by atoms with Crippen LogP contribution in [0.15, 0.2) is 42.5 Å². The first-order valence-corrected chi connectivity index (χ1v) is 10.9. The van der Waals surface area contributed by atoms with E-state index in [0.717, 1.165) is 17.7 Å². The highest BCUT2D eigenvalue weighted by Crippen LogP contribution is 2.33. The third kappa shape index (κ3) is 4.83. The van der Waals surface area contributed by atoms with Crippen molar-refractivity contribution in [1.82, 2.24) is 15.5 Å². The summed E-state index contributed by atoms with van der Waals surface area (Å²) in [4.78, 5) is 38.2. The predicted molar refractivity (Wildman–Crippen MR) is 120 cm³/mol. The largest absolute Gasteiger partial charge is 0.489 e. The zero-order valence-corrected chi connectivity index (χ0v) is 18.7. The topological polar surface area (TPSA) is 87.7 Å². The Kier molecular flexibility index (Phi) is 6.02. The number of nitrogens with zero attached hydrogens (tertiary/aromatic N) is 1. The number of benzene rings is 2. The Morgan fingerprint density at radius 3 is 2.47 bits per heavy atom. The van der Waals surface area contributed by atoms with Crippen LogP contribution >= 0.6 is 0 Å². The van der Waals surface area contributed by atoms with Gasteiger partial charge >= 0.3 is 0 Å². The Hall–Kier alpha value is -3.19. The Morgan fingerprint density at radius 1 is 1.06 bits per heavy atom. The molecule has 2 aromatic rings. The average molecular weight is 436 g/mol. The summed E-state index contributed by atoms with van der Waals surface area (Å²) in [5, 5.41) is 5.80. The number of piperidine rings is 1. The maximum absolute atomic E-state index is 12.9. The van der Waals surface area contributed by atoms with E-state index in [0.29, 0.717) is 30.9 Å². The highest BCUT2D eigenvalue weighted by molar-refractivity contribution is 6.05. The third-order valence-corrected chi connectivity index (χ3v) is 5.78. The van der Waals surface area contributed by atoms with E-state index in [-0.39, 0.29) is 23.8 Å². The highest BCUT2D eigenvalue weighted by atomic mass is 16.5. The molecule has 0 bridgehead atoms. The first-order valence-electron chi connectivity index (χ1n) is 10.9. The van der Waals surface area contributed by atoms with E-state index in [2.05, 4.69) is 43.5 Å². The van der Waals surface area contributed by atoms with Crippen LogP contribution < -0.4 is 15.4 Å². The molecular formula is C25H29N3O4. The van der Waals surface area contributed by atoms with Crippen molar-refractivity contribution >= 4 is 17.7 Å². The van der Waals surface area contributed by atoms with E-state index in [4.69, 9.17) is 4.74 Å². The van der Waals surface area contributed by atoms with Crippen LogP contribution in [-0.2, 0) is 29.3 Å². The van der Waals surface area contributed by atoms with Crippen LogP contribution in [0.3, 0.4) is 0 Å². The van der Waals surface area contributed by atoms with Crippen LogP contribution in [0, 0.1) is 0 Å². The van der Waals surface area contributed by atoms with Crippen LogP contribution in [0.4, 0.5) is 0 Å². The molecule has 1 atom stereocenters. The van der Waals surface area contributed by atoms with Crippen molar-refractivity contribution in [2.45, 2.75) is 64.9 Å². The SMILES string of the molecule is CC(C)(C)NCc1ccc(COc2cccc3c2CN(C2CCC(=O)NC2=O)C3=O)cc1. The molecule has 3 amide bonds. The van der Waals surface area contributed by atoms with Crippen LogP contribution in [0.1, 0.15) is 60.7 Å². The van der Waals surface area contributed by atoms with Gasteiger partial charge in [0.2, 0.25) is 11.8 Å². The van der Waals surface area contributed by atoms with Gasteiger partial charge in [-0.25, -0.2) is 0 Å². The van der Waals surface area contributed by atoms with Gasteiger partial charge < -0.3 is 15.0 Å². The summed E-state index contributed by atoms with van der Waals surface area (Å²) in [6, 6.07) is 13.0. The van der Waals surface area contributed by atoms with Crippen LogP contribution in [-0.4, -0.2) is 34.2 Å². The quantitative estimate of drug-likeness (QED) is 0.682. The van der Waals surface area contributed by atoms with Gasteiger partial charge in [0.25, 0.3) is 5.91 Å². The van der Waals surface area contributed by atoms with Crippen molar-refractivity contribution in [1.29, 1.82) is 0 Å². The summed E-state index contributed by atoms with van der Waals surface area (Å²) in [5.41, 5.74) is 3.64. The number of rotatable bonds is 6. The molecule has 7 nitrogen and oxygen atoms in total. The first kappa shape index (κ1) is 22.0. The monoisotopic (exact) mass is 435 g/mol. The van der Waals surface area contributed by atoms with Gasteiger partial charge in [-0.15, -0.1) is 0 Å². The maximum Gasteiger partial charge on any atom is 0.255 e. The molecule has 0 radical (unpaired) electrons. The van der Waals surface area contributed by atoms with E-state index in [1.165, 1.54) is 10.5 Å². The molecule has 0 aliphatic carbocycles. The average Bonchev–Trinajstić information content (AvgIpc) is 3.08. The van der Waals surface area contributed by atoms with Gasteiger partial charge in [0, 0.05) is 29.6 Å². The van der Waals surface area contributed by atoms with E-state index in [9.17, 15) is 14.4 Å². The van der Waals surface area contributed by atoms with Gasteiger partial charge in [-0.2, -0.15) is 0 Å². The number of amides is 3. The molecule has 7 heteroatoms. The van der Waals surface area contributed by atoms with Crippen molar-refractivity contribution in [2.24, 2.45) is 0 Å². The second kappa shape index (κ2) is 8.74. The van der Waals surface area contributed by atoms with Gasteiger partial charge in [0.15, 0.2) is 0 Å². The van der Waals surface area contributed by atoms with E-state index in [1.807, 2.05) is 18.2 Å². The smallest absolute Gasteiger partial charge is 0.255 e. The fourth-order valence-electron chi connectivity index (χ4n) is 3.97. The van der Waals surface area contributed by atoms with E-state index in [1.54, 1.807) is 12.1 Å². The Labute approximate surface area is 188 Å². The van der Waals surface area contributed by atoms with E-state index < -0.39 is 11.9 Å². The molecule has 2 heterocycles. The molecule has 1 saturated heterocycles. The molecule has 1 fully saturated rings. The maximum atomic E-state index is 12.9. The standard InChI is InChI=1S/C25H29N3O4/c1-25(2,3)26-13-16-7-9-17(10-8-16)15-32-21-6-4-5-18-19(21)14-28(24(18)31)20-11-12-22(29)27-23(20)30/h4-10,20,26H,11-15H2,1-3H3,(H,27,29,30). The van der Waals surface area contributed by atoms with Gasteiger partial charge in [-0.3, -0.25) is 19.7 Å². The number of imide groups is 1. The van der Waals surface area contributed by atoms with Crippen LogP contribution in [0.2, 0.25) is 0 Å². The minimum Gasteiger partial charge on any atom is -0.489 e. The predicted octanol–water partition coefficient (Wildman–Crippen LogP) is 2.91. The Bertz CT molecular complexity index is 1040. The molecule has 168 valence electrons. The minimum atomic E-state index is -0.630. The van der Waals surface area contributed by atoms with Crippen molar-refractivity contribution in [3.63, 3.8) is 0 Å². The van der Waals surface area contributed by atoms with Crippen molar-refractivity contribution in [3.8, 4) is 5.75 Å².